The van der Waals surface area contributed by atoms with Crippen molar-refractivity contribution in [2.45, 2.75) is 52.3 Å². The Balaban J connectivity index is 2.47. The van der Waals surface area contributed by atoms with Gasteiger partial charge in [0, 0.05) is 5.38 Å². The maximum Gasteiger partial charge on any atom is 0.0387 e. The second-order valence-corrected chi connectivity index (χ2v) is 5.86. The minimum Gasteiger partial charge on any atom is -0.122 e. The fourth-order valence-electron chi connectivity index (χ4n) is 2.31. The molecule has 0 heterocycles. The third-order valence-corrected chi connectivity index (χ3v) is 3.95. The van der Waals surface area contributed by atoms with Gasteiger partial charge in [0.2, 0.25) is 0 Å². The van der Waals surface area contributed by atoms with Crippen LogP contribution in [0, 0.1) is 17.3 Å². The Bertz CT molecular complexity index is 149. The van der Waals surface area contributed by atoms with Gasteiger partial charge in [-0.3, -0.25) is 0 Å². The molecule has 0 nitrogen and oxygen atoms in total. The molecule has 72 valence electrons. The number of hydrogen-bond acceptors (Lipinski definition) is 0. The summed E-state index contributed by atoms with van der Waals surface area (Å²) in [6.45, 7) is 9.17. The lowest BCUT2D eigenvalue weighted by molar-refractivity contribution is 0.341. The Hall–Kier alpha value is 0.290. The number of halogens is 1. The van der Waals surface area contributed by atoms with E-state index < -0.39 is 0 Å². The summed E-state index contributed by atoms with van der Waals surface area (Å²) in [6, 6.07) is 0. The van der Waals surface area contributed by atoms with Gasteiger partial charge in [-0.05, 0) is 36.5 Å². The molecule has 1 rings (SSSR count). The van der Waals surface area contributed by atoms with Crippen molar-refractivity contribution in [1.29, 1.82) is 0 Å². The second kappa shape index (κ2) is 3.57. The molecule has 0 aromatic heterocycles. The van der Waals surface area contributed by atoms with Crippen LogP contribution in [0.5, 0.6) is 0 Å². The van der Waals surface area contributed by atoms with Crippen molar-refractivity contribution in [3.8, 4) is 0 Å². The highest BCUT2D eigenvalue weighted by atomic mass is 35.5. The summed E-state index contributed by atoms with van der Waals surface area (Å²) in [4.78, 5) is 0. The summed E-state index contributed by atoms with van der Waals surface area (Å²) in [5, 5.41) is 0.395. The lowest BCUT2D eigenvalue weighted by Gasteiger charge is -2.22. The van der Waals surface area contributed by atoms with Crippen molar-refractivity contribution in [3.63, 3.8) is 0 Å². The first-order valence-corrected chi connectivity index (χ1v) is 5.50. The lowest BCUT2D eigenvalue weighted by Crippen LogP contribution is -2.19. The Morgan fingerprint density at radius 2 is 1.92 bits per heavy atom. The van der Waals surface area contributed by atoms with E-state index in [-0.39, 0.29) is 0 Å². The highest BCUT2D eigenvalue weighted by Crippen LogP contribution is 2.44. The molecule has 0 aromatic rings. The van der Waals surface area contributed by atoms with E-state index in [1.54, 1.807) is 0 Å². The SMILES string of the molecule is CC(C)C(Cl)C1CCC(C)(C)C1. The molecular weight excluding hydrogens is 168 g/mol. The quantitative estimate of drug-likeness (QED) is 0.573. The van der Waals surface area contributed by atoms with Gasteiger partial charge in [-0.2, -0.15) is 0 Å². The van der Waals surface area contributed by atoms with Crippen LogP contribution in [0.1, 0.15) is 47.0 Å². The standard InChI is InChI=1S/C11H21Cl/c1-8(2)10(12)9-5-6-11(3,4)7-9/h8-10H,5-7H2,1-4H3. The van der Waals surface area contributed by atoms with Crippen molar-refractivity contribution in [2.75, 3.05) is 0 Å². The Morgan fingerprint density at radius 1 is 1.33 bits per heavy atom. The van der Waals surface area contributed by atoms with Gasteiger partial charge < -0.3 is 0 Å². The highest BCUT2D eigenvalue weighted by molar-refractivity contribution is 6.21. The van der Waals surface area contributed by atoms with Crippen molar-refractivity contribution >= 4 is 11.6 Å². The maximum atomic E-state index is 6.35. The minimum absolute atomic E-state index is 0.395. The van der Waals surface area contributed by atoms with Crippen LogP contribution in [0.2, 0.25) is 0 Å². The van der Waals surface area contributed by atoms with Crippen LogP contribution in [-0.2, 0) is 0 Å². The predicted octanol–water partition coefficient (Wildman–Crippen LogP) is 4.08. The van der Waals surface area contributed by atoms with Gasteiger partial charge in [0.15, 0.2) is 0 Å². The van der Waals surface area contributed by atoms with Crippen molar-refractivity contribution < 1.29 is 0 Å². The van der Waals surface area contributed by atoms with Crippen LogP contribution >= 0.6 is 11.6 Å². The second-order valence-electron chi connectivity index (χ2n) is 5.36. The fraction of sp³-hybridized carbons (Fsp3) is 1.00. The molecule has 2 atom stereocenters. The van der Waals surface area contributed by atoms with E-state index in [0.29, 0.717) is 16.7 Å². The lowest BCUT2D eigenvalue weighted by atomic mass is 9.88. The first-order valence-electron chi connectivity index (χ1n) is 5.06. The first-order chi connectivity index (χ1) is 5.42. The molecule has 0 saturated heterocycles. The average Bonchev–Trinajstić information content (AvgIpc) is 2.28. The zero-order chi connectivity index (χ0) is 9.35. The van der Waals surface area contributed by atoms with E-state index in [2.05, 4.69) is 27.7 Å². The summed E-state index contributed by atoms with van der Waals surface area (Å²) in [6.07, 6.45) is 4.01. The summed E-state index contributed by atoms with van der Waals surface area (Å²) >= 11 is 6.35. The molecule has 1 heteroatoms. The molecule has 0 amide bonds. The zero-order valence-electron chi connectivity index (χ0n) is 8.73. The van der Waals surface area contributed by atoms with Crippen molar-refractivity contribution in [1.82, 2.24) is 0 Å². The number of rotatable bonds is 2. The monoisotopic (exact) mass is 188 g/mol. The highest BCUT2D eigenvalue weighted by Gasteiger charge is 2.35. The van der Waals surface area contributed by atoms with Gasteiger partial charge in [0.25, 0.3) is 0 Å². The summed E-state index contributed by atoms with van der Waals surface area (Å²) in [5.74, 6) is 1.40. The first kappa shape index (κ1) is 10.4. The number of alkyl halides is 1. The molecule has 2 unspecified atom stereocenters. The Labute approximate surface area is 81.7 Å². The molecule has 0 aromatic carbocycles. The van der Waals surface area contributed by atoms with E-state index in [1.807, 2.05) is 0 Å². The summed E-state index contributed by atoms with van der Waals surface area (Å²) in [5.41, 5.74) is 0.548. The van der Waals surface area contributed by atoms with E-state index in [0.717, 1.165) is 5.92 Å². The minimum atomic E-state index is 0.395. The van der Waals surface area contributed by atoms with Crippen LogP contribution in [0.4, 0.5) is 0 Å². The van der Waals surface area contributed by atoms with Crippen molar-refractivity contribution in [3.05, 3.63) is 0 Å². The fourth-order valence-corrected chi connectivity index (χ4v) is 2.52. The van der Waals surface area contributed by atoms with E-state index in [1.165, 1.54) is 19.3 Å². The van der Waals surface area contributed by atoms with Crippen LogP contribution in [0.15, 0.2) is 0 Å². The Kier molecular flexibility index (Phi) is 3.09. The third-order valence-electron chi connectivity index (χ3n) is 3.09. The predicted molar refractivity (Wildman–Crippen MR) is 55.6 cm³/mol. The zero-order valence-corrected chi connectivity index (χ0v) is 9.49. The smallest absolute Gasteiger partial charge is 0.0387 e. The molecule has 0 radical (unpaired) electrons. The summed E-state index contributed by atoms with van der Waals surface area (Å²) in [7, 11) is 0. The molecule has 0 spiro atoms. The largest absolute Gasteiger partial charge is 0.122 e. The molecule has 1 aliphatic rings. The van der Waals surface area contributed by atoms with Gasteiger partial charge in [-0.25, -0.2) is 0 Å². The van der Waals surface area contributed by atoms with Gasteiger partial charge in [0.05, 0.1) is 0 Å². The Morgan fingerprint density at radius 3 is 2.25 bits per heavy atom. The van der Waals surface area contributed by atoms with Crippen LogP contribution in [0.3, 0.4) is 0 Å². The van der Waals surface area contributed by atoms with Gasteiger partial charge in [-0.1, -0.05) is 27.7 Å². The normalized spacial score (nSPS) is 31.0. The van der Waals surface area contributed by atoms with Gasteiger partial charge >= 0.3 is 0 Å². The van der Waals surface area contributed by atoms with Crippen LogP contribution < -0.4 is 0 Å². The molecule has 1 fully saturated rings. The summed E-state index contributed by atoms with van der Waals surface area (Å²) < 4.78 is 0. The molecule has 0 N–H and O–H groups in total. The average molecular weight is 189 g/mol. The maximum absolute atomic E-state index is 6.35. The van der Waals surface area contributed by atoms with Gasteiger partial charge in [0.1, 0.15) is 0 Å². The molecular formula is C11H21Cl. The molecule has 0 aliphatic heterocycles. The topological polar surface area (TPSA) is 0 Å². The molecule has 1 aliphatic carbocycles. The van der Waals surface area contributed by atoms with Gasteiger partial charge in [-0.15, -0.1) is 11.6 Å². The van der Waals surface area contributed by atoms with Crippen molar-refractivity contribution in [2.24, 2.45) is 17.3 Å². The molecule has 0 bridgehead atoms. The van der Waals surface area contributed by atoms with Crippen LogP contribution in [0.25, 0.3) is 0 Å². The molecule has 12 heavy (non-hydrogen) atoms. The van der Waals surface area contributed by atoms with E-state index in [9.17, 15) is 0 Å². The van der Waals surface area contributed by atoms with Crippen LogP contribution in [-0.4, -0.2) is 5.38 Å². The molecule has 1 saturated carbocycles. The van der Waals surface area contributed by atoms with E-state index >= 15 is 0 Å². The van der Waals surface area contributed by atoms with E-state index in [4.69, 9.17) is 11.6 Å². The number of hydrogen-bond donors (Lipinski definition) is 0. The third kappa shape index (κ3) is 2.39.